The van der Waals surface area contributed by atoms with Crippen molar-refractivity contribution in [3.8, 4) is 0 Å². The number of amides is 1. The minimum atomic E-state index is -0.539. The maximum atomic E-state index is 12.6. The van der Waals surface area contributed by atoms with Crippen molar-refractivity contribution in [2.24, 2.45) is 17.6 Å². The van der Waals surface area contributed by atoms with Crippen molar-refractivity contribution in [3.63, 3.8) is 0 Å². The van der Waals surface area contributed by atoms with Gasteiger partial charge >= 0.3 is 0 Å². The van der Waals surface area contributed by atoms with E-state index in [2.05, 4.69) is 0 Å². The molecule has 1 aromatic carbocycles. The molecule has 0 radical (unpaired) electrons. The first-order chi connectivity index (χ1) is 10.5. The van der Waals surface area contributed by atoms with Gasteiger partial charge in [0.15, 0.2) is 0 Å². The van der Waals surface area contributed by atoms with E-state index < -0.39 is 4.92 Å². The van der Waals surface area contributed by atoms with Crippen LogP contribution in [0.25, 0.3) is 0 Å². The smallest absolute Gasteiger partial charge is 0.271 e. The van der Waals surface area contributed by atoms with Crippen molar-refractivity contribution in [2.75, 3.05) is 13.1 Å². The molecular formula is C15H18ClN3O3. The Balaban J connectivity index is 1.81. The number of fused-ring (bicyclic) bond motifs is 1. The fraction of sp³-hybridized carbons (Fsp3) is 0.533. The Hall–Kier alpha value is -1.66. The van der Waals surface area contributed by atoms with Crippen molar-refractivity contribution >= 4 is 23.2 Å². The van der Waals surface area contributed by atoms with Gasteiger partial charge < -0.3 is 10.6 Å². The molecule has 3 rings (SSSR count). The van der Waals surface area contributed by atoms with Gasteiger partial charge in [0.25, 0.3) is 11.6 Å². The van der Waals surface area contributed by atoms with Crippen LogP contribution >= 0.6 is 11.6 Å². The second-order valence-electron chi connectivity index (χ2n) is 6.18. The number of nitrogens with zero attached hydrogens (tertiary/aromatic N) is 2. The molecule has 1 saturated carbocycles. The number of non-ortho nitro benzene ring substituents is 1. The minimum absolute atomic E-state index is 0.144. The van der Waals surface area contributed by atoms with Gasteiger partial charge in [-0.3, -0.25) is 14.9 Å². The minimum Gasteiger partial charge on any atom is -0.338 e. The highest BCUT2D eigenvalue weighted by Crippen LogP contribution is 2.36. The molecule has 2 N–H and O–H groups in total. The molecule has 22 heavy (non-hydrogen) atoms. The van der Waals surface area contributed by atoms with E-state index in [-0.39, 0.29) is 28.2 Å². The Kier molecular flexibility index (Phi) is 4.06. The molecule has 3 atom stereocenters. The van der Waals surface area contributed by atoms with Crippen molar-refractivity contribution < 1.29 is 9.72 Å². The first kappa shape index (κ1) is 15.2. The summed E-state index contributed by atoms with van der Waals surface area (Å²) >= 11 is 5.89. The fourth-order valence-corrected chi connectivity index (χ4v) is 3.90. The number of rotatable bonds is 2. The molecule has 0 spiro atoms. The van der Waals surface area contributed by atoms with Gasteiger partial charge in [-0.2, -0.15) is 0 Å². The highest BCUT2D eigenvalue weighted by atomic mass is 35.5. The molecule has 1 aliphatic carbocycles. The van der Waals surface area contributed by atoms with E-state index in [4.69, 9.17) is 17.3 Å². The number of likely N-dealkylation sites (tertiary alicyclic amines) is 1. The van der Waals surface area contributed by atoms with Gasteiger partial charge in [-0.05, 0) is 30.7 Å². The SMILES string of the molecule is NC1CCCC2CN(C(=O)c3cc(Cl)cc([N+](=O)[O-])c3)CC12. The van der Waals surface area contributed by atoms with E-state index in [1.807, 2.05) is 0 Å². The average Bonchev–Trinajstić information content (AvgIpc) is 2.91. The molecule has 1 amide bonds. The molecule has 7 heteroatoms. The van der Waals surface area contributed by atoms with Crippen LogP contribution in [0.3, 0.4) is 0 Å². The summed E-state index contributed by atoms with van der Waals surface area (Å²) in [6.45, 7) is 1.31. The Morgan fingerprint density at radius 1 is 1.32 bits per heavy atom. The van der Waals surface area contributed by atoms with Crippen LogP contribution in [-0.4, -0.2) is 34.9 Å². The molecule has 1 aliphatic heterocycles. The number of nitro groups is 1. The quantitative estimate of drug-likeness (QED) is 0.668. The maximum Gasteiger partial charge on any atom is 0.271 e. The van der Waals surface area contributed by atoms with Crippen LogP contribution in [0.15, 0.2) is 18.2 Å². The third-order valence-corrected chi connectivity index (χ3v) is 5.00. The zero-order valence-electron chi connectivity index (χ0n) is 12.1. The van der Waals surface area contributed by atoms with Gasteiger partial charge in [0.2, 0.25) is 0 Å². The highest BCUT2D eigenvalue weighted by Gasteiger charge is 2.40. The van der Waals surface area contributed by atoms with Gasteiger partial charge in [0.1, 0.15) is 0 Å². The number of carbonyl (C=O) groups excluding carboxylic acids is 1. The zero-order chi connectivity index (χ0) is 15.9. The average molecular weight is 324 g/mol. The molecule has 1 saturated heterocycles. The predicted molar refractivity (Wildman–Crippen MR) is 82.8 cm³/mol. The van der Waals surface area contributed by atoms with Gasteiger partial charge in [-0.15, -0.1) is 0 Å². The maximum absolute atomic E-state index is 12.6. The van der Waals surface area contributed by atoms with Crippen molar-refractivity contribution in [2.45, 2.75) is 25.3 Å². The molecule has 118 valence electrons. The standard InChI is InChI=1S/C15H18ClN3O3/c16-11-4-10(5-12(6-11)19(21)22)15(20)18-7-9-2-1-3-14(17)13(9)8-18/h4-6,9,13-14H,1-3,7-8,17H2. The van der Waals surface area contributed by atoms with Crippen LogP contribution in [0.1, 0.15) is 29.6 Å². The lowest BCUT2D eigenvalue weighted by molar-refractivity contribution is -0.384. The number of hydrogen-bond acceptors (Lipinski definition) is 4. The molecule has 0 aromatic heterocycles. The van der Waals surface area contributed by atoms with E-state index in [0.717, 1.165) is 19.3 Å². The molecule has 2 aliphatic rings. The third-order valence-electron chi connectivity index (χ3n) is 4.78. The van der Waals surface area contributed by atoms with E-state index in [9.17, 15) is 14.9 Å². The summed E-state index contributed by atoms with van der Waals surface area (Å²) in [5.41, 5.74) is 6.27. The summed E-state index contributed by atoms with van der Waals surface area (Å²) in [6.07, 6.45) is 3.21. The monoisotopic (exact) mass is 323 g/mol. The van der Waals surface area contributed by atoms with Crippen LogP contribution in [0.4, 0.5) is 5.69 Å². The second kappa shape index (κ2) is 5.85. The number of nitro benzene ring substituents is 1. The fourth-order valence-electron chi connectivity index (χ4n) is 3.67. The summed E-state index contributed by atoms with van der Waals surface area (Å²) in [4.78, 5) is 24.8. The number of nitrogens with two attached hydrogens (primary N) is 1. The van der Waals surface area contributed by atoms with Gasteiger partial charge in [0, 0.05) is 41.9 Å². The highest BCUT2D eigenvalue weighted by molar-refractivity contribution is 6.31. The van der Waals surface area contributed by atoms with Crippen LogP contribution in [0.5, 0.6) is 0 Å². The predicted octanol–water partition coefficient (Wildman–Crippen LogP) is 2.45. The molecule has 2 fully saturated rings. The number of halogens is 1. The summed E-state index contributed by atoms with van der Waals surface area (Å²) in [5, 5.41) is 11.1. The lowest BCUT2D eigenvalue weighted by Crippen LogP contribution is -2.38. The van der Waals surface area contributed by atoms with Crippen molar-refractivity contribution in [1.82, 2.24) is 4.90 Å². The number of carbonyl (C=O) groups is 1. The summed E-state index contributed by atoms with van der Waals surface area (Å²) in [7, 11) is 0. The van der Waals surface area contributed by atoms with Crippen LogP contribution in [0, 0.1) is 22.0 Å². The normalized spacial score (nSPS) is 27.5. The van der Waals surface area contributed by atoms with Gasteiger partial charge in [-0.25, -0.2) is 0 Å². The second-order valence-corrected chi connectivity index (χ2v) is 6.62. The van der Waals surface area contributed by atoms with Crippen molar-refractivity contribution in [1.29, 1.82) is 0 Å². The number of benzene rings is 1. The topological polar surface area (TPSA) is 89.5 Å². The molecule has 3 unspecified atom stereocenters. The van der Waals surface area contributed by atoms with E-state index in [0.29, 0.717) is 24.9 Å². The Morgan fingerprint density at radius 3 is 2.77 bits per heavy atom. The molecule has 0 bridgehead atoms. The third kappa shape index (κ3) is 2.80. The lowest BCUT2D eigenvalue weighted by Gasteiger charge is -2.29. The van der Waals surface area contributed by atoms with Crippen LogP contribution < -0.4 is 5.73 Å². The Morgan fingerprint density at radius 2 is 2.09 bits per heavy atom. The molecule has 1 heterocycles. The molecule has 1 aromatic rings. The van der Waals surface area contributed by atoms with Gasteiger partial charge in [-0.1, -0.05) is 18.0 Å². The lowest BCUT2D eigenvalue weighted by atomic mass is 9.78. The summed E-state index contributed by atoms with van der Waals surface area (Å²) in [6, 6.07) is 4.16. The zero-order valence-corrected chi connectivity index (χ0v) is 12.8. The largest absolute Gasteiger partial charge is 0.338 e. The van der Waals surface area contributed by atoms with Gasteiger partial charge in [0.05, 0.1) is 4.92 Å². The Labute approximate surface area is 133 Å². The number of hydrogen-bond donors (Lipinski definition) is 1. The van der Waals surface area contributed by atoms with Crippen LogP contribution in [-0.2, 0) is 0 Å². The first-order valence-electron chi connectivity index (χ1n) is 7.45. The van der Waals surface area contributed by atoms with E-state index in [1.54, 1.807) is 4.90 Å². The Bertz CT molecular complexity index is 622. The summed E-state index contributed by atoms with van der Waals surface area (Å²) in [5.74, 6) is 0.584. The van der Waals surface area contributed by atoms with E-state index >= 15 is 0 Å². The molecule has 6 nitrogen and oxygen atoms in total. The summed E-state index contributed by atoms with van der Waals surface area (Å²) < 4.78 is 0. The van der Waals surface area contributed by atoms with Crippen LogP contribution in [0.2, 0.25) is 5.02 Å². The van der Waals surface area contributed by atoms with Crippen molar-refractivity contribution in [3.05, 3.63) is 38.9 Å². The first-order valence-corrected chi connectivity index (χ1v) is 7.83. The molecular weight excluding hydrogens is 306 g/mol. The van der Waals surface area contributed by atoms with E-state index in [1.165, 1.54) is 18.2 Å².